The largest absolute Gasteiger partial charge is 0.479 e. The van der Waals surface area contributed by atoms with Crippen LogP contribution in [0.1, 0.15) is 16.8 Å². The Bertz CT molecular complexity index is 690. The van der Waals surface area contributed by atoms with Gasteiger partial charge in [0.15, 0.2) is 0 Å². The molecular weight excluding hydrogens is 302 g/mol. The fraction of sp³-hybridized carbons (Fsp3) is 0.250. The maximum absolute atomic E-state index is 12.4. The second kappa shape index (κ2) is 5.88. The van der Waals surface area contributed by atoms with E-state index < -0.39 is 11.5 Å². The van der Waals surface area contributed by atoms with E-state index >= 15 is 0 Å². The van der Waals surface area contributed by atoms with Crippen LogP contribution in [-0.2, 0) is 4.79 Å². The van der Waals surface area contributed by atoms with Crippen LogP contribution in [0.3, 0.4) is 0 Å². The van der Waals surface area contributed by atoms with Crippen LogP contribution in [0, 0.1) is 0 Å². The van der Waals surface area contributed by atoms with Gasteiger partial charge in [-0.05, 0) is 35.9 Å². The topological polar surface area (TPSA) is 79.5 Å². The van der Waals surface area contributed by atoms with Gasteiger partial charge in [0.1, 0.15) is 5.54 Å². The summed E-state index contributed by atoms with van der Waals surface area (Å²) < 4.78 is 5.04. The first-order valence-electron chi connectivity index (χ1n) is 6.87. The zero-order valence-corrected chi connectivity index (χ0v) is 12.6. The standard InChI is InChI=1S/C16H15NO4S/c18-14(17-16(15(19)20)5-7-22-10-16)12-3-1-2-11(8-12)13-4-6-21-9-13/h1-4,6,8-9H,5,7,10H2,(H,17,18)(H,19,20). The maximum Gasteiger partial charge on any atom is 0.330 e. The summed E-state index contributed by atoms with van der Waals surface area (Å²) in [4.78, 5) is 23.9. The molecule has 1 aromatic carbocycles. The van der Waals surface area contributed by atoms with Crippen LogP contribution in [-0.4, -0.2) is 34.0 Å². The van der Waals surface area contributed by atoms with Crippen molar-refractivity contribution < 1.29 is 19.1 Å². The van der Waals surface area contributed by atoms with Gasteiger partial charge in [-0.25, -0.2) is 4.79 Å². The molecule has 6 heteroatoms. The summed E-state index contributed by atoms with van der Waals surface area (Å²) in [6.07, 6.45) is 3.61. The normalized spacial score (nSPS) is 20.7. The van der Waals surface area contributed by atoms with Crippen LogP contribution in [0.2, 0.25) is 0 Å². The monoisotopic (exact) mass is 317 g/mol. The predicted octanol–water partition coefficient (Wildman–Crippen LogP) is 2.64. The second-order valence-corrected chi connectivity index (χ2v) is 6.34. The number of carboxylic acid groups (broad SMARTS) is 1. The maximum atomic E-state index is 12.4. The predicted molar refractivity (Wildman–Crippen MR) is 83.9 cm³/mol. The number of hydrogen-bond acceptors (Lipinski definition) is 4. The summed E-state index contributed by atoms with van der Waals surface area (Å²) in [6.45, 7) is 0. The van der Waals surface area contributed by atoms with Crippen molar-refractivity contribution in [1.29, 1.82) is 0 Å². The summed E-state index contributed by atoms with van der Waals surface area (Å²) >= 11 is 1.54. The van der Waals surface area contributed by atoms with E-state index in [9.17, 15) is 14.7 Å². The molecule has 1 unspecified atom stereocenters. The number of thioether (sulfide) groups is 1. The van der Waals surface area contributed by atoms with Gasteiger partial charge in [0, 0.05) is 16.9 Å². The Morgan fingerprint density at radius 3 is 2.77 bits per heavy atom. The number of carbonyl (C=O) groups is 2. The van der Waals surface area contributed by atoms with Gasteiger partial charge in [-0.3, -0.25) is 4.79 Å². The van der Waals surface area contributed by atoms with E-state index in [0.717, 1.165) is 16.9 Å². The molecule has 2 aromatic rings. The molecule has 114 valence electrons. The van der Waals surface area contributed by atoms with E-state index in [0.29, 0.717) is 17.7 Å². The lowest BCUT2D eigenvalue weighted by Crippen LogP contribution is -2.54. The lowest BCUT2D eigenvalue weighted by Gasteiger charge is -2.24. The van der Waals surface area contributed by atoms with Gasteiger partial charge in [0.05, 0.1) is 12.5 Å². The van der Waals surface area contributed by atoms with Gasteiger partial charge in [-0.1, -0.05) is 12.1 Å². The lowest BCUT2D eigenvalue weighted by atomic mass is 9.98. The van der Waals surface area contributed by atoms with Crippen LogP contribution in [0.4, 0.5) is 0 Å². The SMILES string of the molecule is O=C(NC1(C(=O)O)CCSC1)c1cccc(-c2ccoc2)c1. The van der Waals surface area contributed by atoms with Crippen LogP contribution in [0.5, 0.6) is 0 Å². The second-order valence-electron chi connectivity index (χ2n) is 5.24. The fourth-order valence-corrected chi connectivity index (χ4v) is 3.77. The molecule has 1 fully saturated rings. The fourth-order valence-electron chi connectivity index (χ4n) is 2.44. The highest BCUT2D eigenvalue weighted by Gasteiger charge is 2.43. The van der Waals surface area contributed by atoms with Gasteiger partial charge < -0.3 is 14.8 Å². The third-order valence-electron chi connectivity index (χ3n) is 3.76. The Kier molecular flexibility index (Phi) is 3.94. The summed E-state index contributed by atoms with van der Waals surface area (Å²) in [7, 11) is 0. The summed E-state index contributed by atoms with van der Waals surface area (Å²) in [5.74, 6) is -0.205. The quantitative estimate of drug-likeness (QED) is 0.906. The van der Waals surface area contributed by atoms with E-state index in [1.807, 2.05) is 12.1 Å². The minimum absolute atomic E-state index is 0.366. The van der Waals surface area contributed by atoms with E-state index in [1.54, 1.807) is 30.7 Å². The first-order valence-corrected chi connectivity index (χ1v) is 8.02. The number of carbonyl (C=O) groups excluding carboxylic acids is 1. The first-order chi connectivity index (χ1) is 10.6. The van der Waals surface area contributed by atoms with Crippen LogP contribution in [0.25, 0.3) is 11.1 Å². The third kappa shape index (κ3) is 2.74. The average molecular weight is 317 g/mol. The molecule has 5 nitrogen and oxygen atoms in total. The highest BCUT2D eigenvalue weighted by atomic mass is 32.2. The molecule has 1 atom stereocenters. The molecule has 1 aliphatic rings. The van der Waals surface area contributed by atoms with Crippen molar-refractivity contribution in [2.24, 2.45) is 0 Å². The van der Waals surface area contributed by atoms with Crippen molar-refractivity contribution in [2.75, 3.05) is 11.5 Å². The molecule has 0 radical (unpaired) electrons. The smallest absolute Gasteiger partial charge is 0.330 e. The van der Waals surface area contributed by atoms with Crippen molar-refractivity contribution in [3.8, 4) is 11.1 Å². The summed E-state index contributed by atoms with van der Waals surface area (Å²) in [5.41, 5.74) is 1.01. The van der Waals surface area contributed by atoms with Crippen molar-refractivity contribution in [1.82, 2.24) is 5.32 Å². The molecule has 1 aliphatic heterocycles. The van der Waals surface area contributed by atoms with E-state index in [1.165, 1.54) is 11.8 Å². The van der Waals surface area contributed by atoms with Crippen LogP contribution < -0.4 is 5.32 Å². The number of hydrogen-bond donors (Lipinski definition) is 2. The highest BCUT2D eigenvalue weighted by Crippen LogP contribution is 2.29. The molecule has 1 amide bonds. The molecule has 1 saturated heterocycles. The number of nitrogens with one attached hydrogen (secondary N) is 1. The minimum Gasteiger partial charge on any atom is -0.479 e. The number of rotatable bonds is 4. The molecule has 0 saturated carbocycles. The molecule has 2 heterocycles. The van der Waals surface area contributed by atoms with Gasteiger partial charge in [-0.15, -0.1) is 0 Å². The van der Waals surface area contributed by atoms with Gasteiger partial charge in [0.25, 0.3) is 5.91 Å². The number of benzene rings is 1. The van der Waals surface area contributed by atoms with Crippen molar-refractivity contribution >= 4 is 23.6 Å². The third-order valence-corrected chi connectivity index (χ3v) is 4.95. The zero-order chi connectivity index (χ0) is 15.6. The van der Waals surface area contributed by atoms with E-state index in [-0.39, 0.29) is 5.91 Å². The zero-order valence-electron chi connectivity index (χ0n) is 11.7. The average Bonchev–Trinajstić information content (AvgIpc) is 3.19. The number of furan rings is 1. The number of aliphatic carboxylic acids is 1. The first kappa shape index (κ1) is 14.7. The van der Waals surface area contributed by atoms with E-state index in [4.69, 9.17) is 4.42 Å². The van der Waals surface area contributed by atoms with E-state index in [2.05, 4.69) is 5.32 Å². The Morgan fingerprint density at radius 2 is 2.14 bits per heavy atom. The number of amides is 1. The molecule has 0 bridgehead atoms. The van der Waals surface area contributed by atoms with Crippen LogP contribution in [0.15, 0.2) is 47.3 Å². The molecule has 0 spiro atoms. The van der Waals surface area contributed by atoms with Crippen molar-refractivity contribution in [3.05, 3.63) is 48.4 Å². The molecule has 22 heavy (non-hydrogen) atoms. The Labute approximate surface area is 131 Å². The van der Waals surface area contributed by atoms with Gasteiger partial charge in [0.2, 0.25) is 0 Å². The molecule has 2 N–H and O–H groups in total. The molecular formula is C16H15NO4S. The van der Waals surface area contributed by atoms with Crippen molar-refractivity contribution in [2.45, 2.75) is 12.0 Å². The Hall–Kier alpha value is -2.21. The summed E-state index contributed by atoms with van der Waals surface area (Å²) in [5, 5.41) is 12.1. The summed E-state index contributed by atoms with van der Waals surface area (Å²) in [6, 6.07) is 8.87. The minimum atomic E-state index is -1.16. The Balaban J connectivity index is 1.83. The van der Waals surface area contributed by atoms with Crippen molar-refractivity contribution in [3.63, 3.8) is 0 Å². The number of carboxylic acids is 1. The lowest BCUT2D eigenvalue weighted by molar-refractivity contribution is -0.143. The van der Waals surface area contributed by atoms with Gasteiger partial charge in [-0.2, -0.15) is 11.8 Å². The molecule has 1 aromatic heterocycles. The molecule has 0 aliphatic carbocycles. The van der Waals surface area contributed by atoms with Gasteiger partial charge >= 0.3 is 5.97 Å². The Morgan fingerprint density at radius 1 is 1.27 bits per heavy atom. The van der Waals surface area contributed by atoms with Crippen LogP contribution >= 0.6 is 11.8 Å². The molecule has 3 rings (SSSR count). The highest BCUT2D eigenvalue weighted by molar-refractivity contribution is 7.99.